The van der Waals surface area contributed by atoms with Gasteiger partial charge < -0.3 is 10.2 Å². The fourth-order valence-corrected chi connectivity index (χ4v) is 1.09. The second-order valence-electron chi connectivity index (χ2n) is 2.44. The molecule has 0 amide bonds. The summed E-state index contributed by atoms with van der Waals surface area (Å²) < 4.78 is 0. The van der Waals surface area contributed by atoms with Crippen molar-refractivity contribution in [3.63, 3.8) is 0 Å². The van der Waals surface area contributed by atoms with Crippen LogP contribution in [-0.2, 0) is 0 Å². The molecule has 0 saturated carbocycles. The monoisotopic (exact) mass is 128 g/mol. The normalized spacial score (nSPS) is 27.2. The van der Waals surface area contributed by atoms with E-state index in [2.05, 4.69) is 0 Å². The Labute approximate surface area is 54.8 Å². The summed E-state index contributed by atoms with van der Waals surface area (Å²) in [6.45, 7) is 0. The van der Waals surface area contributed by atoms with E-state index in [1.165, 1.54) is 0 Å². The number of aliphatic hydroxyl groups excluding tert-OH is 1. The molecule has 0 aromatic rings. The van der Waals surface area contributed by atoms with Gasteiger partial charge in [-0.2, -0.15) is 0 Å². The Balaban J connectivity index is 2.40. The molecule has 0 unspecified atom stereocenters. The first-order chi connectivity index (χ1) is 4.30. The fourth-order valence-electron chi connectivity index (χ4n) is 1.09. The zero-order valence-electron chi connectivity index (χ0n) is 5.33. The van der Waals surface area contributed by atoms with E-state index in [9.17, 15) is 0 Å². The first kappa shape index (κ1) is 6.78. The molecule has 1 atom stereocenters. The summed E-state index contributed by atoms with van der Waals surface area (Å²) in [6, 6.07) is 0. The molecule has 2 nitrogen and oxygen atoms in total. The molecule has 0 bridgehead atoms. The summed E-state index contributed by atoms with van der Waals surface area (Å²) in [6.07, 6.45) is 5.82. The number of rotatable bonds is 1. The van der Waals surface area contributed by atoms with Crippen molar-refractivity contribution in [2.45, 2.75) is 25.6 Å². The predicted molar refractivity (Wildman–Crippen MR) is 34.7 cm³/mol. The van der Waals surface area contributed by atoms with Crippen molar-refractivity contribution in [3.8, 4) is 0 Å². The van der Waals surface area contributed by atoms with Crippen LogP contribution < -0.4 is 0 Å². The number of allylic oxidation sites excluding steroid dienone is 1. The molecule has 0 aliphatic heterocycles. The summed E-state index contributed by atoms with van der Waals surface area (Å²) in [5.41, 5.74) is 0. The van der Waals surface area contributed by atoms with Crippen molar-refractivity contribution in [1.82, 2.24) is 0 Å². The first-order valence-corrected chi connectivity index (χ1v) is 3.33. The minimum Gasteiger partial charge on any atom is -0.368 e. The average molecular weight is 128 g/mol. The SMILES string of the molecule is OC(O)[C@@H]1C=CCCC1. The highest BCUT2D eigenvalue weighted by Crippen LogP contribution is 2.18. The van der Waals surface area contributed by atoms with E-state index in [-0.39, 0.29) is 5.92 Å². The van der Waals surface area contributed by atoms with Crippen molar-refractivity contribution in [2.24, 2.45) is 5.92 Å². The molecule has 52 valence electrons. The molecule has 2 heteroatoms. The third kappa shape index (κ3) is 1.80. The Morgan fingerprint density at radius 2 is 2.22 bits per heavy atom. The smallest absolute Gasteiger partial charge is 0.157 e. The Morgan fingerprint density at radius 1 is 1.44 bits per heavy atom. The highest BCUT2D eigenvalue weighted by atomic mass is 16.5. The van der Waals surface area contributed by atoms with Gasteiger partial charge in [0.1, 0.15) is 0 Å². The second-order valence-corrected chi connectivity index (χ2v) is 2.44. The molecule has 1 aliphatic carbocycles. The van der Waals surface area contributed by atoms with Gasteiger partial charge in [-0.1, -0.05) is 12.2 Å². The second kappa shape index (κ2) is 2.99. The molecule has 1 aliphatic rings. The van der Waals surface area contributed by atoms with E-state index >= 15 is 0 Å². The van der Waals surface area contributed by atoms with Crippen LogP contribution in [0.5, 0.6) is 0 Å². The molecule has 0 radical (unpaired) electrons. The molecule has 9 heavy (non-hydrogen) atoms. The van der Waals surface area contributed by atoms with Gasteiger partial charge in [0.2, 0.25) is 0 Å². The van der Waals surface area contributed by atoms with Crippen LogP contribution in [0.15, 0.2) is 12.2 Å². The van der Waals surface area contributed by atoms with Gasteiger partial charge in [-0.05, 0) is 19.3 Å². The van der Waals surface area contributed by atoms with Gasteiger partial charge in [0.15, 0.2) is 6.29 Å². The first-order valence-electron chi connectivity index (χ1n) is 3.33. The van der Waals surface area contributed by atoms with Gasteiger partial charge in [-0.15, -0.1) is 0 Å². The summed E-state index contributed by atoms with van der Waals surface area (Å²) >= 11 is 0. The molecule has 0 heterocycles. The summed E-state index contributed by atoms with van der Waals surface area (Å²) in [5, 5.41) is 17.4. The van der Waals surface area contributed by atoms with Gasteiger partial charge in [-0.3, -0.25) is 0 Å². The third-order valence-corrected chi connectivity index (χ3v) is 1.67. The number of aliphatic hydroxyl groups is 2. The maximum atomic E-state index is 8.68. The topological polar surface area (TPSA) is 40.5 Å². The number of hydrogen-bond donors (Lipinski definition) is 2. The minimum atomic E-state index is -1.15. The van der Waals surface area contributed by atoms with Crippen LogP contribution in [0.25, 0.3) is 0 Å². The van der Waals surface area contributed by atoms with Crippen molar-refractivity contribution in [1.29, 1.82) is 0 Å². The third-order valence-electron chi connectivity index (χ3n) is 1.67. The van der Waals surface area contributed by atoms with Crippen LogP contribution >= 0.6 is 0 Å². The molecule has 2 N–H and O–H groups in total. The maximum absolute atomic E-state index is 8.68. The van der Waals surface area contributed by atoms with E-state index in [1.54, 1.807) is 0 Å². The quantitative estimate of drug-likeness (QED) is 0.402. The summed E-state index contributed by atoms with van der Waals surface area (Å²) in [5.74, 6) is -0.0150. The molecular formula is C7H12O2. The van der Waals surface area contributed by atoms with Crippen LogP contribution in [0.2, 0.25) is 0 Å². The van der Waals surface area contributed by atoms with E-state index in [0.29, 0.717) is 0 Å². The van der Waals surface area contributed by atoms with Crippen molar-refractivity contribution < 1.29 is 10.2 Å². The zero-order chi connectivity index (χ0) is 6.69. The van der Waals surface area contributed by atoms with E-state index in [1.807, 2.05) is 12.2 Å². The van der Waals surface area contributed by atoms with Crippen molar-refractivity contribution in [3.05, 3.63) is 12.2 Å². The van der Waals surface area contributed by atoms with Crippen LogP contribution in [0.1, 0.15) is 19.3 Å². The van der Waals surface area contributed by atoms with Crippen molar-refractivity contribution in [2.75, 3.05) is 0 Å². The lowest BCUT2D eigenvalue weighted by molar-refractivity contribution is -0.0730. The zero-order valence-corrected chi connectivity index (χ0v) is 5.33. The van der Waals surface area contributed by atoms with E-state index < -0.39 is 6.29 Å². The molecular weight excluding hydrogens is 116 g/mol. The Bertz CT molecular complexity index is 107. The lowest BCUT2D eigenvalue weighted by Crippen LogP contribution is -2.18. The largest absolute Gasteiger partial charge is 0.368 e. The van der Waals surface area contributed by atoms with Gasteiger partial charge in [0.25, 0.3) is 0 Å². The van der Waals surface area contributed by atoms with Crippen molar-refractivity contribution >= 4 is 0 Å². The van der Waals surface area contributed by atoms with Crippen LogP contribution in [0, 0.1) is 5.92 Å². The molecule has 0 aromatic carbocycles. The fraction of sp³-hybridized carbons (Fsp3) is 0.714. The Kier molecular flexibility index (Phi) is 2.25. The highest BCUT2D eigenvalue weighted by molar-refractivity contribution is 4.93. The van der Waals surface area contributed by atoms with Gasteiger partial charge in [0.05, 0.1) is 0 Å². The van der Waals surface area contributed by atoms with E-state index in [0.717, 1.165) is 19.3 Å². The minimum absolute atomic E-state index is 0.0150. The molecule has 0 spiro atoms. The Hall–Kier alpha value is -0.340. The van der Waals surface area contributed by atoms with E-state index in [4.69, 9.17) is 10.2 Å². The van der Waals surface area contributed by atoms with Crippen LogP contribution in [0.3, 0.4) is 0 Å². The molecule has 0 saturated heterocycles. The van der Waals surface area contributed by atoms with Gasteiger partial charge in [-0.25, -0.2) is 0 Å². The summed E-state index contributed by atoms with van der Waals surface area (Å²) in [7, 11) is 0. The van der Waals surface area contributed by atoms with Crippen LogP contribution in [0.4, 0.5) is 0 Å². The lowest BCUT2D eigenvalue weighted by Gasteiger charge is -2.17. The molecule has 0 aromatic heterocycles. The standard InChI is InChI=1S/C7H12O2/c8-7(9)6-4-2-1-3-5-6/h2,4,6-9H,1,3,5H2/t6-/m1/s1. The van der Waals surface area contributed by atoms with Crippen LogP contribution in [-0.4, -0.2) is 16.5 Å². The number of hydrogen-bond acceptors (Lipinski definition) is 2. The maximum Gasteiger partial charge on any atom is 0.157 e. The molecule has 0 fully saturated rings. The Morgan fingerprint density at radius 3 is 2.56 bits per heavy atom. The highest BCUT2D eigenvalue weighted by Gasteiger charge is 2.14. The average Bonchev–Trinajstić information content (AvgIpc) is 1.90. The predicted octanol–water partition coefficient (Wildman–Crippen LogP) is 0.653. The summed E-state index contributed by atoms with van der Waals surface area (Å²) in [4.78, 5) is 0. The molecule has 1 rings (SSSR count). The van der Waals surface area contributed by atoms with Gasteiger partial charge >= 0.3 is 0 Å². The lowest BCUT2D eigenvalue weighted by atomic mass is 9.96. The van der Waals surface area contributed by atoms with Gasteiger partial charge in [0, 0.05) is 5.92 Å².